The summed E-state index contributed by atoms with van der Waals surface area (Å²) < 4.78 is 14.9. The first kappa shape index (κ1) is 28.7. The predicted molar refractivity (Wildman–Crippen MR) is 122 cm³/mol. The molecule has 0 aliphatic rings. The molecule has 0 saturated heterocycles. The van der Waals surface area contributed by atoms with Crippen LogP contribution in [0.4, 0.5) is 4.79 Å². The number of rotatable bonds is 21. The van der Waals surface area contributed by atoms with Crippen molar-refractivity contribution >= 4 is 12.1 Å². The van der Waals surface area contributed by atoms with Crippen LogP contribution in [0.1, 0.15) is 103 Å². The third-order valence-electron chi connectivity index (χ3n) is 5.20. The van der Waals surface area contributed by atoms with Crippen molar-refractivity contribution in [2.24, 2.45) is 0 Å². The SMILES string of the molecule is CCCCCCCCCCCCCCCCCOC(=O)CN(C)C(=O)OCCOC. The normalized spacial score (nSPS) is 10.8. The van der Waals surface area contributed by atoms with E-state index in [0.717, 1.165) is 12.8 Å². The molecule has 0 spiro atoms. The van der Waals surface area contributed by atoms with Crippen molar-refractivity contribution in [1.29, 1.82) is 0 Å². The van der Waals surface area contributed by atoms with Gasteiger partial charge in [-0.05, 0) is 6.42 Å². The Morgan fingerprint density at radius 1 is 0.633 bits per heavy atom. The Morgan fingerprint density at radius 2 is 1.10 bits per heavy atom. The summed E-state index contributed by atoms with van der Waals surface area (Å²) in [7, 11) is 3.05. The average molecular weight is 430 g/mol. The quantitative estimate of drug-likeness (QED) is 0.162. The van der Waals surface area contributed by atoms with Gasteiger partial charge in [0.15, 0.2) is 0 Å². The van der Waals surface area contributed by atoms with Crippen LogP contribution in [-0.4, -0.2) is 57.5 Å². The maximum Gasteiger partial charge on any atom is 0.410 e. The minimum absolute atomic E-state index is 0.0927. The zero-order chi connectivity index (χ0) is 22.3. The molecule has 0 radical (unpaired) electrons. The summed E-state index contributed by atoms with van der Waals surface area (Å²) in [5.41, 5.74) is 0. The van der Waals surface area contributed by atoms with Crippen LogP contribution in [0.3, 0.4) is 0 Å². The number of hydrogen-bond acceptors (Lipinski definition) is 5. The van der Waals surface area contributed by atoms with Crippen LogP contribution in [0.15, 0.2) is 0 Å². The third kappa shape index (κ3) is 20.0. The molecule has 0 atom stereocenters. The van der Waals surface area contributed by atoms with E-state index < -0.39 is 12.1 Å². The molecule has 1 amide bonds. The largest absolute Gasteiger partial charge is 0.464 e. The van der Waals surface area contributed by atoms with Gasteiger partial charge in [-0.15, -0.1) is 0 Å². The van der Waals surface area contributed by atoms with Crippen molar-refractivity contribution in [2.75, 3.05) is 40.5 Å². The van der Waals surface area contributed by atoms with Crippen LogP contribution in [-0.2, 0) is 19.0 Å². The number of hydrogen-bond donors (Lipinski definition) is 0. The summed E-state index contributed by atoms with van der Waals surface area (Å²) in [5.74, 6) is -0.397. The van der Waals surface area contributed by atoms with Crippen molar-refractivity contribution in [3.63, 3.8) is 0 Å². The molecule has 0 aliphatic carbocycles. The molecule has 0 fully saturated rings. The number of ether oxygens (including phenoxy) is 3. The van der Waals surface area contributed by atoms with Crippen molar-refractivity contribution in [3.8, 4) is 0 Å². The smallest absolute Gasteiger partial charge is 0.410 e. The van der Waals surface area contributed by atoms with E-state index in [-0.39, 0.29) is 13.2 Å². The van der Waals surface area contributed by atoms with E-state index in [1.807, 2.05) is 0 Å². The average Bonchev–Trinajstić information content (AvgIpc) is 2.73. The molecule has 178 valence electrons. The molecule has 30 heavy (non-hydrogen) atoms. The monoisotopic (exact) mass is 429 g/mol. The number of amides is 1. The lowest BCUT2D eigenvalue weighted by Gasteiger charge is -2.16. The summed E-state index contributed by atoms with van der Waals surface area (Å²) in [5, 5.41) is 0. The molecule has 0 bridgehead atoms. The first-order valence-corrected chi connectivity index (χ1v) is 12.1. The van der Waals surface area contributed by atoms with Gasteiger partial charge in [0.2, 0.25) is 0 Å². The standard InChI is InChI=1S/C24H47NO5/c1-4-5-6-7-8-9-10-11-12-13-14-15-16-17-18-19-29-23(26)22-25(2)24(27)30-21-20-28-3/h4-22H2,1-3H3. The van der Waals surface area contributed by atoms with Crippen LogP contribution >= 0.6 is 0 Å². The van der Waals surface area contributed by atoms with Gasteiger partial charge in [0.25, 0.3) is 0 Å². The Morgan fingerprint density at radius 3 is 1.57 bits per heavy atom. The Hall–Kier alpha value is -1.30. The Kier molecular flexibility index (Phi) is 21.4. The fourth-order valence-electron chi connectivity index (χ4n) is 3.29. The van der Waals surface area contributed by atoms with E-state index in [1.54, 1.807) is 0 Å². The molecule has 6 nitrogen and oxygen atoms in total. The predicted octanol–water partition coefficient (Wildman–Crippen LogP) is 6.12. The van der Waals surface area contributed by atoms with Gasteiger partial charge in [0.05, 0.1) is 13.2 Å². The summed E-state index contributed by atoms with van der Waals surface area (Å²) in [6.07, 6.45) is 19.1. The van der Waals surface area contributed by atoms with Gasteiger partial charge in [-0.2, -0.15) is 0 Å². The van der Waals surface area contributed by atoms with Crippen molar-refractivity contribution in [2.45, 2.75) is 103 Å². The number of carbonyl (C=O) groups excluding carboxylic acids is 2. The Bertz CT molecular complexity index is 403. The van der Waals surface area contributed by atoms with Gasteiger partial charge in [0, 0.05) is 14.2 Å². The number of esters is 1. The van der Waals surface area contributed by atoms with Gasteiger partial charge in [-0.25, -0.2) is 4.79 Å². The lowest BCUT2D eigenvalue weighted by Crippen LogP contribution is -2.34. The maximum atomic E-state index is 11.7. The second-order valence-electron chi connectivity index (χ2n) is 8.13. The number of carbonyl (C=O) groups is 2. The van der Waals surface area contributed by atoms with Gasteiger partial charge >= 0.3 is 12.1 Å². The molecule has 6 heteroatoms. The van der Waals surface area contributed by atoms with Crippen LogP contribution < -0.4 is 0 Å². The van der Waals surface area contributed by atoms with Gasteiger partial charge in [-0.1, -0.05) is 96.8 Å². The highest BCUT2D eigenvalue weighted by molar-refractivity contribution is 5.77. The molecule has 0 N–H and O–H groups in total. The maximum absolute atomic E-state index is 11.7. The van der Waals surface area contributed by atoms with Crippen LogP contribution in [0.5, 0.6) is 0 Å². The van der Waals surface area contributed by atoms with E-state index >= 15 is 0 Å². The molecule has 0 unspecified atom stereocenters. The highest BCUT2D eigenvalue weighted by atomic mass is 16.6. The van der Waals surface area contributed by atoms with Crippen LogP contribution in [0.25, 0.3) is 0 Å². The van der Waals surface area contributed by atoms with E-state index in [1.165, 1.54) is 103 Å². The highest BCUT2D eigenvalue weighted by Gasteiger charge is 2.14. The number of unbranched alkanes of at least 4 members (excludes halogenated alkanes) is 14. The summed E-state index contributed by atoms with van der Waals surface area (Å²) in [4.78, 5) is 24.6. The minimum Gasteiger partial charge on any atom is -0.464 e. The van der Waals surface area contributed by atoms with Gasteiger partial charge in [0.1, 0.15) is 13.2 Å². The molecule has 0 saturated carbocycles. The zero-order valence-electron chi connectivity index (χ0n) is 19.9. The molecule has 0 heterocycles. The van der Waals surface area contributed by atoms with Crippen molar-refractivity contribution in [1.82, 2.24) is 4.90 Å². The first-order chi connectivity index (χ1) is 14.6. The molecular weight excluding hydrogens is 382 g/mol. The third-order valence-corrected chi connectivity index (χ3v) is 5.20. The topological polar surface area (TPSA) is 65.1 Å². The lowest BCUT2D eigenvalue weighted by molar-refractivity contribution is -0.144. The zero-order valence-corrected chi connectivity index (χ0v) is 19.9. The second-order valence-corrected chi connectivity index (χ2v) is 8.13. The first-order valence-electron chi connectivity index (χ1n) is 12.1. The lowest BCUT2D eigenvalue weighted by atomic mass is 10.0. The van der Waals surface area contributed by atoms with Crippen LogP contribution in [0, 0.1) is 0 Å². The van der Waals surface area contributed by atoms with E-state index in [0.29, 0.717) is 13.2 Å². The molecule has 0 aromatic carbocycles. The molecule has 0 rings (SSSR count). The fourth-order valence-corrected chi connectivity index (χ4v) is 3.29. The number of likely N-dealkylation sites (N-methyl/N-ethyl adjacent to an activating group) is 1. The molecular formula is C24H47NO5. The summed E-state index contributed by atoms with van der Waals surface area (Å²) in [6.45, 7) is 3.11. The highest BCUT2D eigenvalue weighted by Crippen LogP contribution is 2.13. The van der Waals surface area contributed by atoms with E-state index in [9.17, 15) is 9.59 Å². The summed E-state index contributed by atoms with van der Waals surface area (Å²) >= 11 is 0. The molecule has 0 aromatic heterocycles. The van der Waals surface area contributed by atoms with Gasteiger partial charge < -0.3 is 19.1 Å². The minimum atomic E-state index is -0.545. The van der Waals surface area contributed by atoms with E-state index in [2.05, 4.69) is 6.92 Å². The second kappa shape index (κ2) is 22.4. The summed E-state index contributed by atoms with van der Waals surface area (Å²) in [6, 6.07) is 0. The number of methoxy groups -OCH3 is 1. The number of nitrogens with zero attached hydrogens (tertiary/aromatic N) is 1. The van der Waals surface area contributed by atoms with Crippen LogP contribution in [0.2, 0.25) is 0 Å². The Labute approximate surface area is 185 Å². The molecule has 0 aromatic rings. The fraction of sp³-hybridized carbons (Fsp3) is 0.917. The van der Waals surface area contributed by atoms with E-state index in [4.69, 9.17) is 14.2 Å². The molecule has 0 aliphatic heterocycles. The van der Waals surface area contributed by atoms with Crippen molar-refractivity contribution < 1.29 is 23.8 Å². The van der Waals surface area contributed by atoms with Crippen molar-refractivity contribution in [3.05, 3.63) is 0 Å². The Balaban J connectivity index is 3.33. The van der Waals surface area contributed by atoms with Gasteiger partial charge in [-0.3, -0.25) is 4.79 Å².